The van der Waals surface area contributed by atoms with Gasteiger partial charge in [-0.1, -0.05) is 12.2 Å². The van der Waals surface area contributed by atoms with Gasteiger partial charge in [-0.05, 0) is 37.0 Å². The zero-order valence-corrected chi connectivity index (χ0v) is 14.5. The van der Waals surface area contributed by atoms with Crippen LogP contribution in [0.1, 0.15) is 19.3 Å². The van der Waals surface area contributed by atoms with E-state index >= 15 is 0 Å². The van der Waals surface area contributed by atoms with Crippen molar-refractivity contribution in [3.63, 3.8) is 0 Å². The summed E-state index contributed by atoms with van der Waals surface area (Å²) in [5, 5.41) is 0. The van der Waals surface area contributed by atoms with Gasteiger partial charge in [-0.2, -0.15) is 4.31 Å². The van der Waals surface area contributed by atoms with E-state index in [2.05, 4.69) is 6.08 Å². The number of piperazine rings is 1. The molecule has 2 aliphatic rings. The molecule has 5 nitrogen and oxygen atoms in total. The topological polar surface area (TPSA) is 57.7 Å². The third kappa shape index (κ3) is 3.90. The maximum absolute atomic E-state index is 13.8. The van der Waals surface area contributed by atoms with E-state index in [0.717, 1.165) is 29.3 Å². The van der Waals surface area contributed by atoms with Crippen molar-refractivity contribution < 1.29 is 22.0 Å². The van der Waals surface area contributed by atoms with Crippen LogP contribution in [0.5, 0.6) is 0 Å². The Bertz CT molecular complexity index is 787. The lowest BCUT2D eigenvalue weighted by Crippen LogP contribution is -2.50. The molecule has 1 saturated heterocycles. The first-order chi connectivity index (χ1) is 11.9. The normalized spacial score (nSPS) is 21.7. The van der Waals surface area contributed by atoms with Gasteiger partial charge in [0.15, 0.2) is 0 Å². The summed E-state index contributed by atoms with van der Waals surface area (Å²) < 4.78 is 53.3. The molecule has 136 valence electrons. The Hall–Kier alpha value is -1.80. The van der Waals surface area contributed by atoms with Crippen LogP contribution in [0.2, 0.25) is 0 Å². The number of carbonyl (C=O) groups is 1. The second-order valence-corrected chi connectivity index (χ2v) is 8.24. The molecule has 0 spiro atoms. The molecule has 1 amide bonds. The largest absolute Gasteiger partial charge is 0.340 e. The summed E-state index contributed by atoms with van der Waals surface area (Å²) in [4.78, 5) is 13.3. The number of carbonyl (C=O) groups excluding carboxylic acids is 1. The third-order valence-corrected chi connectivity index (χ3v) is 6.57. The Labute approximate surface area is 146 Å². The number of hydrogen-bond donors (Lipinski definition) is 0. The first kappa shape index (κ1) is 18.0. The molecule has 0 bridgehead atoms. The molecular weight excluding hydrogens is 350 g/mol. The minimum absolute atomic E-state index is 0.00512. The fourth-order valence-electron chi connectivity index (χ4n) is 3.21. The van der Waals surface area contributed by atoms with Gasteiger partial charge in [-0.15, -0.1) is 0 Å². The first-order valence-corrected chi connectivity index (χ1v) is 9.71. The Morgan fingerprint density at radius 3 is 2.52 bits per heavy atom. The average molecular weight is 370 g/mol. The Morgan fingerprint density at radius 2 is 1.88 bits per heavy atom. The Kier molecular flexibility index (Phi) is 5.19. The molecule has 0 saturated carbocycles. The molecule has 8 heteroatoms. The molecule has 0 aromatic heterocycles. The number of halogens is 2. The van der Waals surface area contributed by atoms with E-state index in [4.69, 9.17) is 0 Å². The molecule has 0 radical (unpaired) electrons. The van der Waals surface area contributed by atoms with Crippen LogP contribution >= 0.6 is 0 Å². The Balaban J connectivity index is 1.64. The van der Waals surface area contributed by atoms with E-state index in [-0.39, 0.29) is 38.0 Å². The summed E-state index contributed by atoms with van der Waals surface area (Å²) in [5.41, 5.74) is 0. The maximum atomic E-state index is 13.8. The Morgan fingerprint density at radius 1 is 1.16 bits per heavy atom. The van der Waals surface area contributed by atoms with Crippen LogP contribution in [-0.2, 0) is 14.8 Å². The van der Waals surface area contributed by atoms with Gasteiger partial charge in [-0.3, -0.25) is 4.79 Å². The van der Waals surface area contributed by atoms with Crippen molar-refractivity contribution in [3.05, 3.63) is 42.0 Å². The van der Waals surface area contributed by atoms with Crippen LogP contribution in [0.4, 0.5) is 8.78 Å². The number of nitrogens with zero attached hydrogens (tertiary/aromatic N) is 2. The van der Waals surface area contributed by atoms with Gasteiger partial charge in [0, 0.05) is 32.6 Å². The molecule has 1 heterocycles. The predicted molar refractivity (Wildman–Crippen MR) is 88.2 cm³/mol. The molecule has 0 N–H and O–H groups in total. The summed E-state index contributed by atoms with van der Waals surface area (Å²) in [7, 11) is -4.12. The van der Waals surface area contributed by atoms with Crippen LogP contribution in [0.15, 0.2) is 35.2 Å². The van der Waals surface area contributed by atoms with Crippen molar-refractivity contribution in [1.82, 2.24) is 9.21 Å². The highest BCUT2D eigenvalue weighted by Crippen LogP contribution is 2.24. The van der Waals surface area contributed by atoms with Crippen LogP contribution in [0, 0.1) is 17.6 Å². The minimum Gasteiger partial charge on any atom is -0.340 e. The molecule has 1 aliphatic carbocycles. The quantitative estimate of drug-likeness (QED) is 0.763. The maximum Gasteiger partial charge on any atom is 0.246 e. The van der Waals surface area contributed by atoms with Gasteiger partial charge in [0.1, 0.15) is 16.5 Å². The molecule has 1 fully saturated rings. The van der Waals surface area contributed by atoms with Crippen LogP contribution in [-0.4, -0.2) is 49.7 Å². The lowest BCUT2D eigenvalue weighted by atomic mass is 10.0. The molecular formula is C17H20F2N2O3S. The molecule has 25 heavy (non-hydrogen) atoms. The first-order valence-electron chi connectivity index (χ1n) is 8.27. The highest BCUT2D eigenvalue weighted by atomic mass is 32.2. The number of rotatable bonds is 4. The second-order valence-electron chi connectivity index (χ2n) is 6.33. The summed E-state index contributed by atoms with van der Waals surface area (Å²) in [6.45, 7) is 0.659. The minimum atomic E-state index is -4.12. The number of amides is 1. The number of allylic oxidation sites excluding steroid dienone is 2. The summed E-state index contributed by atoms with van der Waals surface area (Å²) in [6, 6.07) is 2.37. The molecule has 1 aromatic rings. The molecule has 3 rings (SSSR count). The predicted octanol–water partition coefficient (Wildman–Crippen LogP) is 2.15. The number of benzene rings is 1. The number of hydrogen-bond acceptors (Lipinski definition) is 3. The third-order valence-electron chi connectivity index (χ3n) is 4.65. The van der Waals surface area contributed by atoms with Gasteiger partial charge < -0.3 is 4.90 Å². The van der Waals surface area contributed by atoms with Crippen LogP contribution in [0.25, 0.3) is 0 Å². The van der Waals surface area contributed by atoms with Crippen molar-refractivity contribution in [2.75, 3.05) is 26.2 Å². The summed E-state index contributed by atoms with van der Waals surface area (Å²) in [5.74, 6) is -1.52. The van der Waals surface area contributed by atoms with Crippen LogP contribution < -0.4 is 0 Å². The average Bonchev–Trinajstić information content (AvgIpc) is 3.10. The lowest BCUT2D eigenvalue weighted by Gasteiger charge is -2.34. The molecule has 1 atom stereocenters. The zero-order valence-electron chi connectivity index (χ0n) is 13.7. The van der Waals surface area contributed by atoms with Gasteiger partial charge in [0.2, 0.25) is 15.9 Å². The summed E-state index contributed by atoms with van der Waals surface area (Å²) >= 11 is 0. The van der Waals surface area contributed by atoms with Gasteiger partial charge >= 0.3 is 0 Å². The van der Waals surface area contributed by atoms with Crippen molar-refractivity contribution in [3.8, 4) is 0 Å². The van der Waals surface area contributed by atoms with E-state index in [9.17, 15) is 22.0 Å². The number of sulfonamides is 1. The standard InChI is InChI=1S/C17H20F2N2O3S/c18-14-5-6-15(19)16(12-14)25(23,24)21-9-7-20(8-10-21)17(22)11-13-3-1-2-4-13/h1,3,5-6,12-13H,2,4,7-11H2. The molecule has 1 unspecified atom stereocenters. The summed E-state index contributed by atoms with van der Waals surface area (Å²) in [6.07, 6.45) is 6.51. The van der Waals surface area contributed by atoms with Crippen molar-refractivity contribution in [1.29, 1.82) is 0 Å². The smallest absolute Gasteiger partial charge is 0.246 e. The van der Waals surface area contributed by atoms with Crippen LogP contribution in [0.3, 0.4) is 0 Å². The fraction of sp³-hybridized carbons (Fsp3) is 0.471. The lowest BCUT2D eigenvalue weighted by molar-refractivity contribution is -0.133. The highest BCUT2D eigenvalue weighted by Gasteiger charge is 2.32. The monoisotopic (exact) mass is 370 g/mol. The van der Waals surface area contributed by atoms with Crippen molar-refractivity contribution in [2.24, 2.45) is 5.92 Å². The van der Waals surface area contributed by atoms with Crippen molar-refractivity contribution >= 4 is 15.9 Å². The fourth-order valence-corrected chi connectivity index (χ4v) is 4.71. The van der Waals surface area contributed by atoms with E-state index in [1.165, 1.54) is 0 Å². The SMILES string of the molecule is O=C(CC1C=CCC1)N1CCN(S(=O)(=O)c2cc(F)ccc2F)CC1. The van der Waals surface area contributed by atoms with Gasteiger partial charge in [0.25, 0.3) is 0 Å². The van der Waals surface area contributed by atoms with E-state index in [1.807, 2.05) is 6.08 Å². The second kappa shape index (κ2) is 7.21. The van der Waals surface area contributed by atoms with E-state index < -0.39 is 26.6 Å². The van der Waals surface area contributed by atoms with E-state index in [0.29, 0.717) is 12.5 Å². The highest BCUT2D eigenvalue weighted by molar-refractivity contribution is 7.89. The van der Waals surface area contributed by atoms with Gasteiger partial charge in [-0.25, -0.2) is 17.2 Å². The molecule has 1 aliphatic heterocycles. The molecule has 1 aromatic carbocycles. The van der Waals surface area contributed by atoms with Gasteiger partial charge in [0.05, 0.1) is 0 Å². The van der Waals surface area contributed by atoms with Crippen molar-refractivity contribution in [2.45, 2.75) is 24.2 Å². The zero-order chi connectivity index (χ0) is 18.0. The van der Waals surface area contributed by atoms with E-state index in [1.54, 1.807) is 4.90 Å².